The van der Waals surface area contributed by atoms with Crippen LogP contribution in [-0.2, 0) is 22.9 Å². The molecule has 1 heterocycles. The average Bonchev–Trinajstić information content (AvgIpc) is 2.65. The van der Waals surface area contributed by atoms with Crippen molar-refractivity contribution in [2.24, 2.45) is 0 Å². The first-order valence-corrected chi connectivity index (χ1v) is 8.13. The summed E-state index contributed by atoms with van der Waals surface area (Å²) >= 11 is 0. The molecule has 0 atom stereocenters. The van der Waals surface area contributed by atoms with Crippen LogP contribution in [0.15, 0.2) is 6.20 Å². The number of nitrogens with one attached hydrogen (secondary N) is 1. The first kappa shape index (κ1) is 15.2. The third-order valence-electron chi connectivity index (χ3n) is 2.96. The van der Waals surface area contributed by atoms with Crippen molar-refractivity contribution in [1.82, 2.24) is 15.1 Å². The highest BCUT2D eigenvalue weighted by Gasteiger charge is 2.11. The van der Waals surface area contributed by atoms with Gasteiger partial charge < -0.3 is 5.32 Å². The Kier molecular flexibility index (Phi) is 5.34. The zero-order chi connectivity index (χ0) is 13.8. The number of aromatic nitrogens is 2. The number of aryl methyl sites for hydroxylation is 1. The van der Waals surface area contributed by atoms with E-state index in [4.69, 9.17) is 0 Å². The molecule has 0 saturated carbocycles. The molecule has 5 nitrogen and oxygen atoms in total. The van der Waals surface area contributed by atoms with Crippen molar-refractivity contribution in [2.75, 3.05) is 11.5 Å². The SMILES string of the molecule is CCS(=O)(=O)CCn1ncc(CNC(C)C)c1C. The normalized spacial score (nSPS) is 12.3. The van der Waals surface area contributed by atoms with Crippen LogP contribution in [-0.4, -0.2) is 35.7 Å². The molecule has 1 aromatic rings. The predicted octanol–water partition coefficient (Wildman–Crippen LogP) is 1.12. The van der Waals surface area contributed by atoms with Crippen LogP contribution >= 0.6 is 0 Å². The van der Waals surface area contributed by atoms with E-state index in [9.17, 15) is 8.42 Å². The molecule has 0 aliphatic rings. The fourth-order valence-electron chi connectivity index (χ4n) is 1.57. The highest BCUT2D eigenvalue weighted by atomic mass is 32.2. The van der Waals surface area contributed by atoms with Gasteiger partial charge in [-0.2, -0.15) is 5.10 Å². The van der Waals surface area contributed by atoms with Gasteiger partial charge in [-0.25, -0.2) is 8.42 Å². The Morgan fingerprint density at radius 2 is 2.11 bits per heavy atom. The van der Waals surface area contributed by atoms with Gasteiger partial charge in [-0.1, -0.05) is 20.8 Å². The largest absolute Gasteiger partial charge is 0.310 e. The summed E-state index contributed by atoms with van der Waals surface area (Å²) in [5.41, 5.74) is 2.16. The maximum absolute atomic E-state index is 11.5. The standard InChI is InChI=1S/C12H23N3O2S/c1-5-18(16,17)7-6-15-11(4)12(9-14-15)8-13-10(2)3/h9-10,13H,5-8H2,1-4H3. The Morgan fingerprint density at radius 1 is 1.44 bits per heavy atom. The molecule has 0 saturated heterocycles. The van der Waals surface area contributed by atoms with Crippen LogP contribution in [0.25, 0.3) is 0 Å². The summed E-state index contributed by atoms with van der Waals surface area (Å²) in [6.45, 7) is 9.03. The first-order chi connectivity index (χ1) is 8.35. The van der Waals surface area contributed by atoms with Crippen LogP contribution in [0.2, 0.25) is 0 Å². The van der Waals surface area contributed by atoms with E-state index in [1.165, 1.54) is 0 Å². The van der Waals surface area contributed by atoms with Crippen LogP contribution in [0.1, 0.15) is 32.0 Å². The molecule has 0 aliphatic carbocycles. The van der Waals surface area contributed by atoms with Crippen molar-refractivity contribution in [3.8, 4) is 0 Å². The van der Waals surface area contributed by atoms with Crippen LogP contribution in [0.3, 0.4) is 0 Å². The minimum absolute atomic E-state index is 0.156. The van der Waals surface area contributed by atoms with Gasteiger partial charge in [0.25, 0.3) is 0 Å². The fourth-order valence-corrected chi connectivity index (χ4v) is 2.31. The fraction of sp³-hybridized carbons (Fsp3) is 0.750. The molecule has 0 amide bonds. The molecule has 104 valence electrons. The molecule has 0 fully saturated rings. The zero-order valence-electron chi connectivity index (χ0n) is 11.6. The number of nitrogens with zero attached hydrogens (tertiary/aromatic N) is 2. The van der Waals surface area contributed by atoms with Gasteiger partial charge in [0, 0.05) is 29.6 Å². The van der Waals surface area contributed by atoms with Crippen molar-refractivity contribution in [3.63, 3.8) is 0 Å². The first-order valence-electron chi connectivity index (χ1n) is 6.30. The van der Waals surface area contributed by atoms with E-state index < -0.39 is 9.84 Å². The Labute approximate surface area is 109 Å². The second-order valence-electron chi connectivity index (χ2n) is 4.75. The highest BCUT2D eigenvalue weighted by molar-refractivity contribution is 7.91. The van der Waals surface area contributed by atoms with E-state index in [1.54, 1.807) is 11.6 Å². The van der Waals surface area contributed by atoms with Crippen molar-refractivity contribution >= 4 is 9.84 Å². The maximum atomic E-state index is 11.5. The van der Waals surface area contributed by atoms with E-state index in [1.807, 2.05) is 13.1 Å². The van der Waals surface area contributed by atoms with Crippen LogP contribution in [0.5, 0.6) is 0 Å². The molecule has 6 heteroatoms. The summed E-state index contributed by atoms with van der Waals surface area (Å²) in [4.78, 5) is 0. The van der Waals surface area contributed by atoms with Crippen molar-refractivity contribution in [2.45, 2.75) is 46.8 Å². The average molecular weight is 273 g/mol. The van der Waals surface area contributed by atoms with Gasteiger partial charge in [0.1, 0.15) is 0 Å². The molecular formula is C12H23N3O2S. The summed E-state index contributed by atoms with van der Waals surface area (Å²) in [6, 6.07) is 0.424. The molecule has 0 unspecified atom stereocenters. The van der Waals surface area contributed by atoms with E-state index in [2.05, 4.69) is 24.3 Å². The molecule has 1 N–H and O–H groups in total. The molecule has 18 heavy (non-hydrogen) atoms. The Hall–Kier alpha value is -0.880. The summed E-state index contributed by atoms with van der Waals surface area (Å²) < 4.78 is 24.7. The summed E-state index contributed by atoms with van der Waals surface area (Å²) in [5, 5.41) is 7.57. The van der Waals surface area contributed by atoms with E-state index in [0.717, 1.165) is 17.8 Å². The predicted molar refractivity (Wildman–Crippen MR) is 73.3 cm³/mol. The van der Waals surface area contributed by atoms with Gasteiger partial charge in [0.2, 0.25) is 0 Å². The molecule has 1 aromatic heterocycles. The molecule has 1 rings (SSSR count). The number of hydrogen-bond donors (Lipinski definition) is 1. The van der Waals surface area contributed by atoms with Crippen molar-refractivity contribution in [1.29, 1.82) is 0 Å². The van der Waals surface area contributed by atoms with Crippen LogP contribution in [0.4, 0.5) is 0 Å². The molecular weight excluding hydrogens is 250 g/mol. The summed E-state index contributed by atoms with van der Waals surface area (Å²) in [6.07, 6.45) is 1.81. The smallest absolute Gasteiger partial charge is 0.151 e. The number of rotatable bonds is 7. The van der Waals surface area contributed by atoms with Gasteiger partial charge in [0.15, 0.2) is 9.84 Å². The second kappa shape index (κ2) is 6.33. The van der Waals surface area contributed by atoms with Gasteiger partial charge in [-0.05, 0) is 6.92 Å². The lowest BCUT2D eigenvalue weighted by molar-refractivity contribution is 0.574. The van der Waals surface area contributed by atoms with Crippen molar-refractivity contribution in [3.05, 3.63) is 17.5 Å². The molecule has 0 spiro atoms. The summed E-state index contributed by atoms with van der Waals surface area (Å²) in [5.74, 6) is 0.345. The third kappa shape index (κ3) is 4.42. The monoisotopic (exact) mass is 273 g/mol. The summed E-state index contributed by atoms with van der Waals surface area (Å²) in [7, 11) is -2.93. The third-order valence-corrected chi connectivity index (χ3v) is 4.64. The molecule has 0 radical (unpaired) electrons. The van der Waals surface area contributed by atoms with Gasteiger partial charge in [0.05, 0.1) is 18.5 Å². The molecule has 0 bridgehead atoms. The maximum Gasteiger partial charge on any atom is 0.151 e. The van der Waals surface area contributed by atoms with E-state index in [0.29, 0.717) is 12.6 Å². The number of sulfone groups is 1. The number of hydrogen-bond acceptors (Lipinski definition) is 4. The topological polar surface area (TPSA) is 64.0 Å². The highest BCUT2D eigenvalue weighted by Crippen LogP contribution is 2.07. The van der Waals surface area contributed by atoms with Gasteiger partial charge >= 0.3 is 0 Å². The minimum atomic E-state index is -2.93. The van der Waals surface area contributed by atoms with E-state index >= 15 is 0 Å². The quantitative estimate of drug-likeness (QED) is 0.808. The lowest BCUT2D eigenvalue weighted by Gasteiger charge is -2.08. The Morgan fingerprint density at radius 3 is 2.67 bits per heavy atom. The van der Waals surface area contributed by atoms with Gasteiger partial charge in [-0.3, -0.25) is 4.68 Å². The van der Waals surface area contributed by atoms with Crippen molar-refractivity contribution < 1.29 is 8.42 Å². The van der Waals surface area contributed by atoms with Crippen LogP contribution in [0, 0.1) is 6.92 Å². The van der Waals surface area contributed by atoms with Gasteiger partial charge in [-0.15, -0.1) is 0 Å². The minimum Gasteiger partial charge on any atom is -0.310 e. The lowest BCUT2D eigenvalue weighted by atomic mass is 10.2. The van der Waals surface area contributed by atoms with E-state index in [-0.39, 0.29) is 11.5 Å². The molecule has 0 aliphatic heterocycles. The second-order valence-corrected chi connectivity index (χ2v) is 7.22. The Bertz CT molecular complexity index is 478. The molecule has 0 aromatic carbocycles. The van der Waals surface area contributed by atoms with Crippen LogP contribution < -0.4 is 5.32 Å². The Balaban J connectivity index is 2.63. The lowest BCUT2D eigenvalue weighted by Crippen LogP contribution is -2.22. The zero-order valence-corrected chi connectivity index (χ0v) is 12.4.